The average molecular weight is 302 g/mol. The molecule has 7 heteroatoms. The van der Waals surface area contributed by atoms with Crippen molar-refractivity contribution in [3.05, 3.63) is 11.4 Å². The molecule has 5 nitrogen and oxygen atoms in total. The van der Waals surface area contributed by atoms with Crippen LogP contribution in [0.15, 0.2) is 0 Å². The number of alkyl halides is 2. The van der Waals surface area contributed by atoms with E-state index in [4.69, 9.17) is 0 Å². The molecule has 1 aromatic heterocycles. The third kappa shape index (κ3) is 5.08. The highest BCUT2D eigenvalue weighted by Crippen LogP contribution is 2.23. The second-order valence-electron chi connectivity index (χ2n) is 5.27. The maximum atomic E-state index is 12.3. The SMILES string of the molecule is CCCNc1nc(C(C)C)nc(NCC(O)C(F)F)c1C. The lowest BCUT2D eigenvalue weighted by Gasteiger charge is -2.17. The molecule has 0 spiro atoms. The molecule has 1 unspecified atom stereocenters. The third-order valence-electron chi connectivity index (χ3n) is 2.99. The smallest absolute Gasteiger partial charge is 0.265 e. The first kappa shape index (κ1) is 17.6. The largest absolute Gasteiger partial charge is 0.385 e. The molecule has 0 radical (unpaired) electrons. The summed E-state index contributed by atoms with van der Waals surface area (Å²) in [4.78, 5) is 8.81. The first-order valence-electron chi connectivity index (χ1n) is 7.19. The van der Waals surface area contributed by atoms with Gasteiger partial charge in [0.2, 0.25) is 0 Å². The van der Waals surface area contributed by atoms with E-state index in [0.717, 1.165) is 18.5 Å². The van der Waals surface area contributed by atoms with E-state index < -0.39 is 12.5 Å². The predicted molar refractivity (Wildman–Crippen MR) is 80.1 cm³/mol. The highest BCUT2D eigenvalue weighted by atomic mass is 19.3. The lowest BCUT2D eigenvalue weighted by molar-refractivity contribution is 0.00380. The Morgan fingerprint density at radius 3 is 2.19 bits per heavy atom. The molecule has 1 heterocycles. The Bertz CT molecular complexity index is 455. The lowest BCUT2D eigenvalue weighted by atomic mass is 10.2. The normalized spacial score (nSPS) is 12.8. The van der Waals surface area contributed by atoms with Gasteiger partial charge in [-0.15, -0.1) is 0 Å². The van der Waals surface area contributed by atoms with Gasteiger partial charge in [-0.25, -0.2) is 18.7 Å². The molecule has 1 atom stereocenters. The molecule has 3 N–H and O–H groups in total. The Morgan fingerprint density at radius 1 is 1.14 bits per heavy atom. The first-order valence-corrected chi connectivity index (χ1v) is 7.19. The molecule has 0 aliphatic carbocycles. The van der Waals surface area contributed by atoms with Crippen molar-refractivity contribution in [1.29, 1.82) is 0 Å². The van der Waals surface area contributed by atoms with Crippen LogP contribution in [0.3, 0.4) is 0 Å². The molecule has 21 heavy (non-hydrogen) atoms. The van der Waals surface area contributed by atoms with Crippen LogP contribution >= 0.6 is 0 Å². The Balaban J connectivity index is 2.97. The van der Waals surface area contributed by atoms with E-state index in [0.29, 0.717) is 17.5 Å². The summed E-state index contributed by atoms with van der Waals surface area (Å²) in [7, 11) is 0. The molecule has 1 aromatic rings. The highest BCUT2D eigenvalue weighted by Gasteiger charge is 2.18. The molecular weight excluding hydrogens is 278 g/mol. The molecular formula is C14H24F2N4O. The molecule has 120 valence electrons. The van der Waals surface area contributed by atoms with Crippen LogP contribution in [0.5, 0.6) is 0 Å². The van der Waals surface area contributed by atoms with E-state index in [1.807, 2.05) is 27.7 Å². The van der Waals surface area contributed by atoms with Gasteiger partial charge >= 0.3 is 0 Å². The summed E-state index contributed by atoms with van der Waals surface area (Å²) in [5.41, 5.74) is 0.759. The van der Waals surface area contributed by atoms with Crippen molar-refractivity contribution in [3.63, 3.8) is 0 Å². The minimum Gasteiger partial charge on any atom is -0.385 e. The molecule has 0 amide bonds. The summed E-state index contributed by atoms with van der Waals surface area (Å²) in [5, 5.41) is 15.2. The minimum absolute atomic E-state index is 0.119. The van der Waals surface area contributed by atoms with Crippen LogP contribution in [0.2, 0.25) is 0 Å². The van der Waals surface area contributed by atoms with E-state index in [1.54, 1.807) is 0 Å². The highest BCUT2D eigenvalue weighted by molar-refractivity contribution is 5.57. The Kier molecular flexibility index (Phi) is 6.74. The summed E-state index contributed by atoms with van der Waals surface area (Å²) >= 11 is 0. The first-order chi connectivity index (χ1) is 9.86. The number of nitrogens with one attached hydrogen (secondary N) is 2. The molecule has 0 aliphatic heterocycles. The number of aromatic nitrogens is 2. The Morgan fingerprint density at radius 2 is 1.71 bits per heavy atom. The van der Waals surface area contributed by atoms with Crippen molar-refractivity contribution < 1.29 is 13.9 Å². The minimum atomic E-state index is -2.78. The van der Waals surface area contributed by atoms with Crippen LogP contribution in [0.4, 0.5) is 20.4 Å². The fourth-order valence-electron chi connectivity index (χ4n) is 1.67. The average Bonchev–Trinajstić information content (AvgIpc) is 2.44. The number of aliphatic hydroxyl groups is 1. The number of hydrogen-bond acceptors (Lipinski definition) is 5. The van der Waals surface area contributed by atoms with Crippen LogP contribution in [0.1, 0.15) is 44.5 Å². The van der Waals surface area contributed by atoms with Crippen LogP contribution < -0.4 is 10.6 Å². The van der Waals surface area contributed by atoms with Crippen LogP contribution in [0.25, 0.3) is 0 Å². The zero-order chi connectivity index (χ0) is 16.0. The van der Waals surface area contributed by atoms with Gasteiger partial charge in [0.25, 0.3) is 6.43 Å². The van der Waals surface area contributed by atoms with Gasteiger partial charge in [-0.05, 0) is 13.3 Å². The fourth-order valence-corrected chi connectivity index (χ4v) is 1.67. The van der Waals surface area contributed by atoms with Crippen molar-refractivity contribution in [2.45, 2.75) is 52.6 Å². The zero-order valence-electron chi connectivity index (χ0n) is 13.0. The van der Waals surface area contributed by atoms with Gasteiger partial charge < -0.3 is 15.7 Å². The van der Waals surface area contributed by atoms with Gasteiger partial charge in [-0.1, -0.05) is 20.8 Å². The second-order valence-corrected chi connectivity index (χ2v) is 5.27. The van der Waals surface area contributed by atoms with Gasteiger partial charge in [0.1, 0.15) is 23.6 Å². The van der Waals surface area contributed by atoms with E-state index in [-0.39, 0.29) is 12.5 Å². The lowest BCUT2D eigenvalue weighted by Crippen LogP contribution is -2.27. The summed E-state index contributed by atoms with van der Waals surface area (Å²) in [6.07, 6.45) is -3.54. The quantitative estimate of drug-likeness (QED) is 0.689. The van der Waals surface area contributed by atoms with Crippen LogP contribution in [-0.2, 0) is 0 Å². The number of halogens is 2. The van der Waals surface area contributed by atoms with Crippen molar-refractivity contribution in [2.75, 3.05) is 23.7 Å². The van der Waals surface area contributed by atoms with Crippen molar-refractivity contribution in [2.24, 2.45) is 0 Å². The van der Waals surface area contributed by atoms with Crippen LogP contribution in [-0.4, -0.2) is 40.7 Å². The standard InChI is InChI=1S/C14H24F2N4O/c1-5-6-17-13-9(4)14(18-7-10(21)11(15)16)20-12(19-13)8(2)3/h8,10-11,21H,5-7H2,1-4H3,(H2,17,18,19,20). The number of rotatable bonds is 8. The van der Waals surface area contributed by atoms with E-state index in [9.17, 15) is 13.9 Å². The maximum Gasteiger partial charge on any atom is 0.265 e. The Labute approximate surface area is 124 Å². The number of aliphatic hydroxyl groups excluding tert-OH is 1. The van der Waals surface area contributed by atoms with Crippen molar-refractivity contribution in [1.82, 2.24) is 9.97 Å². The monoisotopic (exact) mass is 302 g/mol. The fraction of sp³-hybridized carbons (Fsp3) is 0.714. The number of anilines is 2. The zero-order valence-corrected chi connectivity index (χ0v) is 13.0. The van der Waals surface area contributed by atoms with Gasteiger partial charge in [0, 0.05) is 24.6 Å². The van der Waals surface area contributed by atoms with Gasteiger partial charge in [-0.2, -0.15) is 0 Å². The second kappa shape index (κ2) is 8.07. The summed E-state index contributed by atoms with van der Waals surface area (Å²) in [6.45, 7) is 8.32. The topological polar surface area (TPSA) is 70.1 Å². The molecule has 1 rings (SSSR count). The summed E-state index contributed by atoms with van der Waals surface area (Å²) in [6, 6.07) is 0. The molecule has 0 saturated heterocycles. The maximum absolute atomic E-state index is 12.3. The van der Waals surface area contributed by atoms with Gasteiger partial charge in [-0.3, -0.25) is 0 Å². The van der Waals surface area contributed by atoms with Gasteiger partial charge in [0.05, 0.1) is 0 Å². The van der Waals surface area contributed by atoms with Crippen molar-refractivity contribution in [3.8, 4) is 0 Å². The van der Waals surface area contributed by atoms with E-state index in [1.165, 1.54) is 0 Å². The van der Waals surface area contributed by atoms with Crippen molar-refractivity contribution >= 4 is 11.6 Å². The molecule has 0 bridgehead atoms. The molecule has 0 aliphatic rings. The van der Waals surface area contributed by atoms with Crippen LogP contribution in [0, 0.1) is 6.92 Å². The number of nitrogens with zero attached hydrogens (tertiary/aromatic N) is 2. The summed E-state index contributed by atoms with van der Waals surface area (Å²) < 4.78 is 24.7. The summed E-state index contributed by atoms with van der Waals surface area (Å²) in [5.74, 6) is 1.93. The van der Waals surface area contributed by atoms with E-state index >= 15 is 0 Å². The third-order valence-corrected chi connectivity index (χ3v) is 2.99. The predicted octanol–water partition coefficient (Wildman–Crippen LogP) is 2.77. The molecule has 0 fully saturated rings. The molecule has 0 saturated carbocycles. The number of hydrogen-bond donors (Lipinski definition) is 3. The van der Waals surface area contributed by atoms with E-state index in [2.05, 4.69) is 20.6 Å². The molecule has 0 aromatic carbocycles. The Hall–Kier alpha value is -1.50. The van der Waals surface area contributed by atoms with Gasteiger partial charge in [0.15, 0.2) is 0 Å².